The zero-order valence-corrected chi connectivity index (χ0v) is 32.5. The predicted octanol–water partition coefficient (Wildman–Crippen LogP) is 12.9. The van der Waals surface area contributed by atoms with Crippen molar-refractivity contribution >= 4 is 61.3 Å². The molecule has 0 fully saturated rings. The number of pyridine rings is 1. The maximum Gasteiger partial charge on any atom is 2.00 e. The first kappa shape index (κ1) is 35.2. The summed E-state index contributed by atoms with van der Waals surface area (Å²) in [5.74, 6) is 1.98. The van der Waals surface area contributed by atoms with E-state index in [1.807, 2.05) is 42.6 Å². The summed E-state index contributed by atoms with van der Waals surface area (Å²) in [5.41, 5.74) is 10.3. The zero-order valence-electron chi connectivity index (χ0n) is 31.0. The molecule has 3 heterocycles. The largest absolute Gasteiger partial charge is 2.00 e. The molecule has 0 unspecified atom stereocenters. The summed E-state index contributed by atoms with van der Waals surface area (Å²) < 4.78 is 13.1. The molecule has 11 rings (SSSR count). The molecule has 0 spiro atoms. The molecular formula is C52H32N4OPd+2. The summed E-state index contributed by atoms with van der Waals surface area (Å²) in [6.07, 6.45) is 1.81. The van der Waals surface area contributed by atoms with Gasteiger partial charge < -0.3 is 9.30 Å². The molecule has 58 heavy (non-hydrogen) atoms. The first-order valence-electron chi connectivity index (χ1n) is 19.0. The van der Waals surface area contributed by atoms with Crippen molar-refractivity contribution in [3.05, 3.63) is 206 Å². The molecule has 1 aliphatic heterocycles. The van der Waals surface area contributed by atoms with Gasteiger partial charge in [-0.1, -0.05) is 131 Å². The van der Waals surface area contributed by atoms with E-state index in [-0.39, 0.29) is 20.4 Å². The van der Waals surface area contributed by atoms with Crippen LogP contribution in [0.3, 0.4) is 0 Å². The van der Waals surface area contributed by atoms with Gasteiger partial charge in [-0.2, -0.15) is 12.1 Å². The third-order valence-corrected chi connectivity index (χ3v) is 10.6. The van der Waals surface area contributed by atoms with Crippen LogP contribution in [-0.4, -0.2) is 15.6 Å². The minimum atomic E-state index is 0. The summed E-state index contributed by atoms with van der Waals surface area (Å²) in [7, 11) is 0. The third-order valence-electron chi connectivity index (χ3n) is 10.6. The van der Waals surface area contributed by atoms with E-state index in [0.717, 1.165) is 83.4 Å². The van der Waals surface area contributed by atoms with Gasteiger partial charge in [0.1, 0.15) is 11.5 Å². The van der Waals surface area contributed by atoms with Crippen LogP contribution in [0.1, 0.15) is 0 Å². The quantitative estimate of drug-likeness (QED) is 0.0910. The van der Waals surface area contributed by atoms with Crippen molar-refractivity contribution in [2.75, 3.05) is 0 Å². The second-order valence-corrected chi connectivity index (χ2v) is 14.0. The molecule has 0 bridgehead atoms. The smallest absolute Gasteiger partial charge is 0.509 e. The molecule has 5 nitrogen and oxygen atoms in total. The van der Waals surface area contributed by atoms with Crippen molar-refractivity contribution in [1.82, 2.24) is 18.7 Å². The van der Waals surface area contributed by atoms with E-state index in [2.05, 4.69) is 189 Å². The number of nitrogens with zero attached hydrogens (tertiary/aromatic N) is 4. The number of hydrogen-bond donors (Lipinski definition) is 0. The van der Waals surface area contributed by atoms with Gasteiger partial charge in [0.2, 0.25) is 5.69 Å². The van der Waals surface area contributed by atoms with Crippen LogP contribution in [0.25, 0.3) is 60.6 Å². The summed E-state index contributed by atoms with van der Waals surface area (Å²) in [6, 6.07) is 76.0. The van der Waals surface area contributed by atoms with Gasteiger partial charge >= 0.3 is 32.1 Å². The fourth-order valence-electron chi connectivity index (χ4n) is 8.10. The second kappa shape index (κ2) is 14.7. The number of ether oxygens (including phenoxy) is 1. The van der Waals surface area contributed by atoms with Crippen LogP contribution < -0.4 is 13.9 Å². The molecule has 0 saturated carbocycles. The first-order valence-corrected chi connectivity index (χ1v) is 19.0. The molecule has 0 N–H and O–H groups in total. The van der Waals surface area contributed by atoms with Gasteiger partial charge in [0.05, 0.1) is 16.5 Å². The van der Waals surface area contributed by atoms with E-state index in [4.69, 9.17) is 4.74 Å². The molecule has 10 aromatic rings. The third kappa shape index (κ3) is 5.96. The van der Waals surface area contributed by atoms with Gasteiger partial charge in [-0.15, -0.1) is 23.6 Å². The number of benzene rings is 8. The normalized spacial score (nSPS) is 11.9. The first-order chi connectivity index (χ1) is 28.3. The van der Waals surface area contributed by atoms with E-state index < -0.39 is 0 Å². The SMILES string of the molecule is C1=[N+](c2[c-]c(Oc3[c-]c4c(cc3)c3ccccc3n4-c3ccccn3)ccc2)c2ccc3ccccc3c2[N+]=1c1c(-c2ccccc2)cccc1-c1ccccc1.[Pd+2]. The average Bonchev–Trinajstić information content (AvgIpc) is 3.83. The van der Waals surface area contributed by atoms with Crippen molar-refractivity contribution in [2.24, 2.45) is 0 Å². The monoisotopic (exact) mass is 834 g/mol. The number of para-hydroxylation sites is 2. The van der Waals surface area contributed by atoms with Crippen LogP contribution in [0.5, 0.6) is 11.5 Å². The molecule has 6 heteroatoms. The van der Waals surface area contributed by atoms with Crippen molar-refractivity contribution in [1.29, 1.82) is 0 Å². The van der Waals surface area contributed by atoms with Crippen LogP contribution >= 0.6 is 0 Å². The number of aromatic nitrogens is 2. The van der Waals surface area contributed by atoms with Gasteiger partial charge in [0, 0.05) is 29.3 Å². The maximum absolute atomic E-state index is 6.58. The summed E-state index contributed by atoms with van der Waals surface area (Å²) >= 11 is 0. The van der Waals surface area contributed by atoms with E-state index in [1.165, 1.54) is 0 Å². The van der Waals surface area contributed by atoms with Gasteiger partial charge in [0.25, 0.3) is 5.69 Å². The summed E-state index contributed by atoms with van der Waals surface area (Å²) in [6.45, 7) is 0. The van der Waals surface area contributed by atoms with Crippen molar-refractivity contribution in [3.63, 3.8) is 0 Å². The van der Waals surface area contributed by atoms with E-state index >= 15 is 0 Å². The van der Waals surface area contributed by atoms with E-state index in [1.54, 1.807) is 0 Å². The Kier molecular flexibility index (Phi) is 8.94. The minimum absolute atomic E-state index is 0. The van der Waals surface area contributed by atoms with E-state index in [9.17, 15) is 0 Å². The molecule has 2 aromatic heterocycles. The zero-order chi connectivity index (χ0) is 37.7. The van der Waals surface area contributed by atoms with Gasteiger partial charge in [-0.3, -0.25) is 0 Å². The molecule has 0 saturated heterocycles. The summed E-state index contributed by atoms with van der Waals surface area (Å²) in [4.78, 5) is 4.68. The molecule has 0 aliphatic carbocycles. The predicted molar refractivity (Wildman–Crippen MR) is 232 cm³/mol. The Balaban J connectivity index is 0.00000408. The van der Waals surface area contributed by atoms with Gasteiger partial charge in [-0.05, 0) is 68.9 Å². The molecule has 0 amide bonds. The average molecular weight is 835 g/mol. The Morgan fingerprint density at radius 3 is 1.93 bits per heavy atom. The van der Waals surface area contributed by atoms with Gasteiger partial charge in [-0.25, -0.2) is 4.98 Å². The van der Waals surface area contributed by atoms with E-state index in [0.29, 0.717) is 11.5 Å². The van der Waals surface area contributed by atoms with Crippen LogP contribution in [0.2, 0.25) is 0 Å². The molecule has 0 radical (unpaired) electrons. The number of rotatable bonds is 7. The van der Waals surface area contributed by atoms with Crippen LogP contribution in [0, 0.1) is 12.1 Å². The Hall–Kier alpha value is -7.19. The number of fused-ring (bicyclic) bond motifs is 6. The fraction of sp³-hybridized carbons (Fsp3) is 0. The molecule has 274 valence electrons. The van der Waals surface area contributed by atoms with Gasteiger partial charge in [0.15, 0.2) is 0 Å². The molecule has 8 aromatic carbocycles. The Labute approximate surface area is 349 Å². The minimum Gasteiger partial charge on any atom is -0.509 e. The standard InChI is InChI=1S/C52H32N4O.Pd/c1-3-15-36(16-4-1)42-24-14-25-43(37-17-5-2-6-18-37)51(42)55-35-54(48-31-28-38-19-7-8-22-44(38)52(48)55)39-20-13-21-40(33-39)57-41-29-30-46-45-23-9-10-26-47(45)56(49(46)34-41)50-27-11-12-32-53-50;/h1-32H;/q;+2. The van der Waals surface area contributed by atoms with Crippen molar-refractivity contribution in [2.45, 2.75) is 0 Å². The molecule has 0 atom stereocenters. The second-order valence-electron chi connectivity index (χ2n) is 14.0. The molecular weight excluding hydrogens is 803 g/mol. The number of hydrogen-bond acceptors (Lipinski definition) is 2. The summed E-state index contributed by atoms with van der Waals surface area (Å²) in [5, 5.41) is 4.50. The van der Waals surface area contributed by atoms with Crippen LogP contribution in [0.4, 0.5) is 22.7 Å². The Bertz CT molecular complexity index is 3180. The molecule has 1 aliphatic rings. The maximum atomic E-state index is 6.58. The Morgan fingerprint density at radius 1 is 0.500 bits per heavy atom. The van der Waals surface area contributed by atoms with Crippen LogP contribution in [-0.2, 0) is 20.4 Å². The fourth-order valence-corrected chi connectivity index (χ4v) is 8.10. The Morgan fingerprint density at radius 2 is 1.17 bits per heavy atom. The van der Waals surface area contributed by atoms with Crippen LogP contribution in [0.15, 0.2) is 194 Å². The van der Waals surface area contributed by atoms with Crippen molar-refractivity contribution in [3.8, 4) is 39.6 Å². The topological polar surface area (TPSA) is 33.1 Å². The van der Waals surface area contributed by atoms with Crippen molar-refractivity contribution < 1.29 is 25.2 Å².